The van der Waals surface area contributed by atoms with Crippen LogP contribution in [0.2, 0.25) is 5.15 Å². The van der Waals surface area contributed by atoms with Gasteiger partial charge in [0.15, 0.2) is 0 Å². The summed E-state index contributed by atoms with van der Waals surface area (Å²) in [5.74, 6) is 1.40. The molecular weight excluding hydrogens is 393 g/mol. The van der Waals surface area contributed by atoms with E-state index in [0.717, 1.165) is 43.7 Å². The molecule has 10 heteroatoms. The summed E-state index contributed by atoms with van der Waals surface area (Å²) in [4.78, 5) is 14.5. The molecule has 0 unspecified atom stereocenters. The van der Waals surface area contributed by atoms with Gasteiger partial charge >= 0.3 is 6.18 Å². The van der Waals surface area contributed by atoms with Crippen LogP contribution in [0, 0.1) is 0 Å². The summed E-state index contributed by atoms with van der Waals surface area (Å²) in [5.41, 5.74) is 0.762. The van der Waals surface area contributed by atoms with Gasteiger partial charge < -0.3 is 15.5 Å². The lowest BCUT2D eigenvalue weighted by Crippen LogP contribution is -2.44. The number of alkyl halides is 3. The maximum Gasteiger partial charge on any atom is 0.420 e. The molecule has 28 heavy (non-hydrogen) atoms. The Bertz CT molecular complexity index is 917. The van der Waals surface area contributed by atoms with Crippen molar-refractivity contribution in [2.24, 2.45) is 0 Å². The topological polar surface area (TPSA) is 66.0 Å². The molecule has 0 spiro atoms. The van der Waals surface area contributed by atoms with Crippen LogP contribution in [-0.4, -0.2) is 40.1 Å². The Kier molecular flexibility index (Phi) is 4.13. The Morgan fingerprint density at radius 1 is 1.21 bits per heavy atom. The summed E-state index contributed by atoms with van der Waals surface area (Å²) in [7, 11) is 0. The first-order valence-corrected chi connectivity index (χ1v) is 9.63. The largest absolute Gasteiger partial charge is 0.420 e. The van der Waals surface area contributed by atoms with Crippen molar-refractivity contribution in [1.82, 2.24) is 20.3 Å². The molecule has 4 heterocycles. The van der Waals surface area contributed by atoms with E-state index in [1.807, 2.05) is 0 Å². The number of piperazine rings is 1. The van der Waals surface area contributed by atoms with E-state index < -0.39 is 16.9 Å². The average Bonchev–Trinajstić information content (AvgIpc) is 3.27. The van der Waals surface area contributed by atoms with Gasteiger partial charge in [-0.3, -0.25) is 0 Å². The standard InChI is InChI=1S/C18H18ClF3N6/c19-16-13(18(20,21)22)6-25-17(27-16)26-14-7-24-15(4-12(14)9-1-2-9)28-8-10-3-11(28)5-23-10/h4,6-7,9-11,23H,1-3,5,8H2,(H,25,26,27)/t10-,11-/m1/s1. The van der Waals surface area contributed by atoms with Crippen molar-refractivity contribution in [3.05, 3.63) is 34.7 Å². The van der Waals surface area contributed by atoms with Gasteiger partial charge in [-0.15, -0.1) is 0 Å². The molecule has 6 nitrogen and oxygen atoms in total. The van der Waals surface area contributed by atoms with E-state index >= 15 is 0 Å². The molecule has 0 aromatic carbocycles. The van der Waals surface area contributed by atoms with Crippen LogP contribution >= 0.6 is 11.6 Å². The van der Waals surface area contributed by atoms with Crippen molar-refractivity contribution in [2.75, 3.05) is 23.3 Å². The number of rotatable bonds is 4. The normalized spacial score (nSPS) is 24.1. The molecule has 148 valence electrons. The van der Waals surface area contributed by atoms with Crippen LogP contribution in [0.15, 0.2) is 18.5 Å². The highest BCUT2D eigenvalue weighted by Gasteiger charge is 2.39. The lowest BCUT2D eigenvalue weighted by molar-refractivity contribution is -0.137. The molecule has 1 aliphatic carbocycles. The van der Waals surface area contributed by atoms with E-state index in [1.165, 1.54) is 0 Å². The van der Waals surface area contributed by atoms with Gasteiger partial charge in [-0.25, -0.2) is 15.0 Å². The lowest BCUT2D eigenvalue weighted by Gasteiger charge is -2.29. The smallest absolute Gasteiger partial charge is 0.351 e. The summed E-state index contributed by atoms with van der Waals surface area (Å²) >= 11 is 5.70. The first-order valence-electron chi connectivity index (χ1n) is 9.25. The van der Waals surface area contributed by atoms with Gasteiger partial charge in [-0.05, 0) is 36.8 Å². The summed E-state index contributed by atoms with van der Waals surface area (Å²) in [6, 6.07) is 3.09. The highest BCUT2D eigenvalue weighted by Crippen LogP contribution is 2.45. The first kappa shape index (κ1) is 17.9. The minimum Gasteiger partial charge on any atom is -0.351 e. The number of nitrogens with one attached hydrogen (secondary N) is 2. The van der Waals surface area contributed by atoms with Gasteiger partial charge in [0.25, 0.3) is 0 Å². The van der Waals surface area contributed by atoms with Gasteiger partial charge in [0, 0.05) is 31.4 Å². The summed E-state index contributed by atoms with van der Waals surface area (Å²) in [6.45, 7) is 1.93. The molecule has 2 aliphatic heterocycles. The van der Waals surface area contributed by atoms with E-state index in [-0.39, 0.29) is 5.95 Å². The quantitative estimate of drug-likeness (QED) is 0.749. The van der Waals surface area contributed by atoms with Crippen molar-refractivity contribution >= 4 is 29.1 Å². The Morgan fingerprint density at radius 2 is 2.04 bits per heavy atom. The van der Waals surface area contributed by atoms with Gasteiger partial charge in [0.1, 0.15) is 16.5 Å². The predicted octanol–water partition coefficient (Wildman–Crippen LogP) is 3.72. The van der Waals surface area contributed by atoms with Crippen LogP contribution in [0.5, 0.6) is 0 Å². The van der Waals surface area contributed by atoms with Crippen LogP contribution < -0.4 is 15.5 Å². The number of pyridine rings is 1. The zero-order valence-electron chi connectivity index (χ0n) is 14.8. The van der Waals surface area contributed by atoms with Crippen molar-refractivity contribution < 1.29 is 13.2 Å². The average molecular weight is 411 g/mol. The SMILES string of the molecule is FC(F)(F)c1cnc(Nc2cnc(N3C[C@H]4C[C@@H]3CN4)cc2C2CC2)nc1Cl. The van der Waals surface area contributed by atoms with E-state index in [4.69, 9.17) is 11.6 Å². The zero-order chi connectivity index (χ0) is 19.5. The second kappa shape index (κ2) is 6.45. The minimum atomic E-state index is -4.58. The van der Waals surface area contributed by atoms with Crippen LogP contribution in [0.3, 0.4) is 0 Å². The Hall–Kier alpha value is -2.13. The monoisotopic (exact) mass is 410 g/mol. The molecule has 2 atom stereocenters. The van der Waals surface area contributed by atoms with E-state index in [0.29, 0.717) is 29.9 Å². The van der Waals surface area contributed by atoms with Gasteiger partial charge in [0.05, 0.1) is 11.9 Å². The molecule has 2 N–H and O–H groups in total. The van der Waals surface area contributed by atoms with E-state index in [2.05, 4.69) is 36.6 Å². The Morgan fingerprint density at radius 3 is 2.64 bits per heavy atom. The maximum atomic E-state index is 12.8. The fourth-order valence-electron chi connectivity index (χ4n) is 4.03. The third kappa shape index (κ3) is 3.26. The third-order valence-corrected chi connectivity index (χ3v) is 5.87. The van der Waals surface area contributed by atoms with Crippen LogP contribution in [-0.2, 0) is 6.18 Å². The Labute approximate surface area is 164 Å². The van der Waals surface area contributed by atoms with Crippen molar-refractivity contribution in [3.8, 4) is 0 Å². The second-order valence-corrected chi connectivity index (χ2v) is 7.93. The number of halogens is 4. The van der Waals surface area contributed by atoms with Crippen LogP contribution in [0.1, 0.15) is 36.3 Å². The predicted molar refractivity (Wildman–Crippen MR) is 99.1 cm³/mol. The van der Waals surface area contributed by atoms with E-state index in [9.17, 15) is 13.2 Å². The minimum absolute atomic E-state index is 0.0267. The molecule has 3 aliphatic rings. The second-order valence-electron chi connectivity index (χ2n) is 7.57. The van der Waals surface area contributed by atoms with Crippen LogP contribution in [0.4, 0.5) is 30.6 Å². The number of fused-ring (bicyclic) bond motifs is 2. The van der Waals surface area contributed by atoms with Crippen molar-refractivity contribution in [2.45, 2.75) is 43.4 Å². The lowest BCUT2D eigenvalue weighted by atomic mass is 10.1. The van der Waals surface area contributed by atoms with Gasteiger partial charge in [-0.2, -0.15) is 13.2 Å². The third-order valence-electron chi connectivity index (χ3n) is 5.58. The number of aromatic nitrogens is 3. The van der Waals surface area contributed by atoms with E-state index in [1.54, 1.807) is 6.20 Å². The maximum absolute atomic E-state index is 12.8. The van der Waals surface area contributed by atoms with Crippen molar-refractivity contribution in [1.29, 1.82) is 0 Å². The number of hydrogen-bond acceptors (Lipinski definition) is 6. The molecular formula is C18H18ClF3N6. The molecule has 5 rings (SSSR count). The number of hydrogen-bond donors (Lipinski definition) is 2. The number of anilines is 3. The van der Waals surface area contributed by atoms with Crippen LogP contribution in [0.25, 0.3) is 0 Å². The molecule has 2 saturated heterocycles. The van der Waals surface area contributed by atoms with Gasteiger partial charge in [-0.1, -0.05) is 11.6 Å². The molecule has 1 saturated carbocycles. The molecule has 3 fully saturated rings. The summed E-state index contributed by atoms with van der Waals surface area (Å²) < 4.78 is 38.5. The summed E-state index contributed by atoms with van der Waals surface area (Å²) in [5, 5.41) is 5.85. The number of nitrogens with zero attached hydrogens (tertiary/aromatic N) is 4. The fraction of sp³-hybridized carbons (Fsp3) is 0.500. The molecule has 2 bridgehead atoms. The molecule has 2 aromatic rings. The Balaban J connectivity index is 1.42. The molecule has 2 aromatic heterocycles. The van der Waals surface area contributed by atoms with Gasteiger partial charge in [0.2, 0.25) is 5.95 Å². The highest BCUT2D eigenvalue weighted by molar-refractivity contribution is 6.30. The molecule has 0 radical (unpaired) electrons. The highest BCUT2D eigenvalue weighted by atomic mass is 35.5. The first-order chi connectivity index (χ1) is 13.4. The zero-order valence-corrected chi connectivity index (χ0v) is 15.6. The van der Waals surface area contributed by atoms with Crippen molar-refractivity contribution in [3.63, 3.8) is 0 Å². The molecule has 0 amide bonds. The summed E-state index contributed by atoms with van der Waals surface area (Å²) in [6.07, 6.45) is 1.14. The fourth-order valence-corrected chi connectivity index (χ4v) is 4.26.